The fourth-order valence-corrected chi connectivity index (χ4v) is 6.97. The van der Waals surface area contributed by atoms with E-state index < -0.39 is 5.91 Å². The number of nitrogens with two attached hydrogens (primary N) is 1. The van der Waals surface area contributed by atoms with Gasteiger partial charge in [0.2, 0.25) is 0 Å². The highest BCUT2D eigenvalue weighted by molar-refractivity contribution is 7.17. The number of carbonyl (C=O) groups excluding carboxylic acids is 2. The lowest BCUT2D eigenvalue weighted by Gasteiger charge is -2.33. The second-order valence-electron chi connectivity index (χ2n) is 12.2. The first-order chi connectivity index (χ1) is 18.5. The predicted octanol–water partition coefficient (Wildman–Crippen LogP) is 7.66. The molecule has 1 unspecified atom stereocenters. The zero-order valence-corrected chi connectivity index (χ0v) is 24.2. The number of benzene rings is 2. The summed E-state index contributed by atoms with van der Waals surface area (Å²) in [4.78, 5) is 32.4. The minimum absolute atomic E-state index is 0.178. The average molecular weight is 540 g/mol. The van der Waals surface area contributed by atoms with E-state index in [9.17, 15) is 9.59 Å². The van der Waals surface area contributed by atoms with E-state index in [0.717, 1.165) is 58.3 Å². The molecule has 2 aromatic carbocycles. The van der Waals surface area contributed by atoms with Gasteiger partial charge in [0.25, 0.3) is 11.8 Å². The van der Waals surface area contributed by atoms with Crippen molar-refractivity contribution in [3.8, 4) is 11.3 Å². The molecule has 0 bridgehead atoms. The van der Waals surface area contributed by atoms with Gasteiger partial charge < -0.3 is 11.1 Å². The second kappa shape index (κ2) is 10.6. The molecule has 5 nitrogen and oxygen atoms in total. The number of rotatable bonds is 6. The highest BCUT2D eigenvalue weighted by Gasteiger charge is 2.33. The SMILES string of the molecule is CC(C)Cc1ccc(-c2cc(C(=O)Nc3sc4c(c3C(N)=O)CCC(C(C)(C)C)C4)c3ccccc3n2)cc1. The molecule has 4 aromatic rings. The van der Waals surface area contributed by atoms with Crippen molar-refractivity contribution < 1.29 is 9.59 Å². The third-order valence-corrected chi connectivity index (χ3v) is 8.99. The van der Waals surface area contributed by atoms with Gasteiger partial charge in [-0.15, -0.1) is 11.3 Å². The van der Waals surface area contributed by atoms with E-state index >= 15 is 0 Å². The van der Waals surface area contributed by atoms with Crippen molar-refractivity contribution in [2.75, 3.05) is 5.32 Å². The summed E-state index contributed by atoms with van der Waals surface area (Å²) in [7, 11) is 0. The monoisotopic (exact) mass is 539 g/mol. The molecule has 2 amide bonds. The molecular formula is C33H37N3O2S. The molecule has 0 aliphatic heterocycles. The first-order valence-electron chi connectivity index (χ1n) is 13.8. The standard InChI is InChI=1S/C33H37N3O2S/c1-19(2)16-20-10-12-21(13-11-20)27-18-25(23-8-6-7-9-26(23)35-27)31(38)36-32-29(30(34)37)24-15-14-22(33(3,4)5)17-28(24)39-32/h6-13,18-19,22H,14-17H2,1-5H3,(H2,34,37)(H,36,38). The molecule has 202 valence electrons. The van der Waals surface area contributed by atoms with Crippen LogP contribution in [0.3, 0.4) is 0 Å². The minimum Gasteiger partial charge on any atom is -0.365 e. The number of aromatic nitrogens is 1. The summed E-state index contributed by atoms with van der Waals surface area (Å²) in [5.74, 6) is 0.350. The Morgan fingerprint density at radius 1 is 1.10 bits per heavy atom. The molecule has 0 fully saturated rings. The second-order valence-corrected chi connectivity index (χ2v) is 13.3. The maximum Gasteiger partial charge on any atom is 0.257 e. The van der Waals surface area contributed by atoms with E-state index in [1.807, 2.05) is 30.3 Å². The third kappa shape index (κ3) is 5.62. The number of primary amides is 1. The molecule has 1 aliphatic carbocycles. The van der Waals surface area contributed by atoms with Gasteiger partial charge in [-0.25, -0.2) is 4.98 Å². The van der Waals surface area contributed by atoms with Gasteiger partial charge in [-0.2, -0.15) is 0 Å². The lowest BCUT2D eigenvalue weighted by molar-refractivity contribution is 0.1000. The minimum atomic E-state index is -0.487. The maximum absolute atomic E-state index is 13.8. The first kappa shape index (κ1) is 27.1. The number of hydrogen-bond acceptors (Lipinski definition) is 4. The highest BCUT2D eigenvalue weighted by Crippen LogP contribution is 2.44. The van der Waals surface area contributed by atoms with E-state index in [1.165, 1.54) is 16.9 Å². The largest absolute Gasteiger partial charge is 0.365 e. The Morgan fingerprint density at radius 2 is 1.82 bits per heavy atom. The maximum atomic E-state index is 13.8. The summed E-state index contributed by atoms with van der Waals surface area (Å²) in [6.07, 6.45) is 3.73. The fourth-order valence-electron chi connectivity index (χ4n) is 5.64. The molecule has 2 heterocycles. The smallest absolute Gasteiger partial charge is 0.257 e. The Morgan fingerprint density at radius 3 is 2.49 bits per heavy atom. The molecule has 1 atom stereocenters. The number of amides is 2. The summed E-state index contributed by atoms with van der Waals surface area (Å²) in [6.45, 7) is 11.2. The van der Waals surface area contributed by atoms with Gasteiger partial charge >= 0.3 is 0 Å². The first-order valence-corrected chi connectivity index (χ1v) is 14.6. The third-order valence-electron chi connectivity index (χ3n) is 7.82. The Balaban J connectivity index is 1.51. The molecule has 3 N–H and O–H groups in total. The van der Waals surface area contributed by atoms with Crippen LogP contribution < -0.4 is 11.1 Å². The van der Waals surface area contributed by atoms with Crippen LogP contribution in [0.2, 0.25) is 0 Å². The number of fused-ring (bicyclic) bond motifs is 2. The molecule has 6 heteroatoms. The van der Waals surface area contributed by atoms with Gasteiger partial charge in [0.1, 0.15) is 5.00 Å². The molecule has 0 spiro atoms. The summed E-state index contributed by atoms with van der Waals surface area (Å²) in [6, 6.07) is 17.9. The number of thiophene rings is 1. The van der Waals surface area contributed by atoms with Crippen LogP contribution in [0.1, 0.15) is 77.8 Å². The Labute approximate surface area is 234 Å². The molecule has 0 radical (unpaired) electrons. The number of para-hydroxylation sites is 1. The summed E-state index contributed by atoms with van der Waals surface area (Å²) >= 11 is 1.50. The molecule has 39 heavy (non-hydrogen) atoms. The summed E-state index contributed by atoms with van der Waals surface area (Å²) in [5.41, 5.74) is 11.8. The molecule has 0 saturated heterocycles. The Hall–Kier alpha value is -3.51. The van der Waals surface area contributed by atoms with Gasteiger partial charge in [-0.3, -0.25) is 9.59 Å². The summed E-state index contributed by atoms with van der Waals surface area (Å²) in [5, 5.41) is 4.39. The highest BCUT2D eigenvalue weighted by atomic mass is 32.1. The fraction of sp³-hybridized carbons (Fsp3) is 0.364. The van der Waals surface area contributed by atoms with Gasteiger partial charge in [-0.1, -0.05) is 77.1 Å². The van der Waals surface area contributed by atoms with Crippen molar-refractivity contribution in [2.45, 2.75) is 60.3 Å². The topological polar surface area (TPSA) is 85.1 Å². The van der Waals surface area contributed by atoms with Crippen LogP contribution in [0.25, 0.3) is 22.2 Å². The zero-order valence-electron chi connectivity index (χ0n) is 23.4. The van der Waals surface area contributed by atoms with Crippen LogP contribution in [-0.2, 0) is 19.3 Å². The van der Waals surface area contributed by atoms with E-state index in [4.69, 9.17) is 10.7 Å². The van der Waals surface area contributed by atoms with Gasteiger partial charge in [-0.05, 0) is 66.2 Å². The van der Waals surface area contributed by atoms with Crippen molar-refractivity contribution in [3.63, 3.8) is 0 Å². The molecule has 2 aromatic heterocycles. The van der Waals surface area contributed by atoms with Crippen LogP contribution in [0, 0.1) is 17.3 Å². The zero-order chi connectivity index (χ0) is 27.9. The lowest BCUT2D eigenvalue weighted by atomic mass is 9.72. The number of carbonyl (C=O) groups is 2. The van der Waals surface area contributed by atoms with Crippen LogP contribution in [0.4, 0.5) is 5.00 Å². The van der Waals surface area contributed by atoms with E-state index in [2.05, 4.69) is 64.2 Å². The van der Waals surface area contributed by atoms with Gasteiger partial charge in [0.05, 0.1) is 22.3 Å². The predicted molar refractivity (Wildman–Crippen MR) is 161 cm³/mol. The Kier molecular flexibility index (Phi) is 7.34. The molecule has 5 rings (SSSR count). The van der Waals surface area contributed by atoms with Crippen molar-refractivity contribution in [2.24, 2.45) is 23.0 Å². The van der Waals surface area contributed by atoms with Crippen molar-refractivity contribution >= 4 is 39.1 Å². The van der Waals surface area contributed by atoms with E-state index in [1.54, 1.807) is 0 Å². The van der Waals surface area contributed by atoms with Crippen molar-refractivity contribution in [3.05, 3.63) is 81.7 Å². The lowest BCUT2D eigenvalue weighted by Crippen LogP contribution is -2.27. The van der Waals surface area contributed by atoms with E-state index in [0.29, 0.717) is 28.0 Å². The quantitative estimate of drug-likeness (QED) is 0.264. The molecule has 1 aliphatic rings. The number of pyridine rings is 1. The molecular weight excluding hydrogens is 502 g/mol. The van der Waals surface area contributed by atoms with Crippen LogP contribution in [0.15, 0.2) is 54.6 Å². The molecule has 0 saturated carbocycles. The van der Waals surface area contributed by atoms with E-state index in [-0.39, 0.29) is 11.3 Å². The van der Waals surface area contributed by atoms with Crippen LogP contribution in [-0.4, -0.2) is 16.8 Å². The number of hydrogen-bond donors (Lipinski definition) is 2. The number of anilines is 1. The van der Waals surface area contributed by atoms with Crippen molar-refractivity contribution in [1.29, 1.82) is 0 Å². The average Bonchev–Trinajstić information content (AvgIpc) is 3.25. The van der Waals surface area contributed by atoms with Gasteiger partial charge in [0.15, 0.2) is 0 Å². The number of nitrogens with zero attached hydrogens (tertiary/aromatic N) is 1. The van der Waals surface area contributed by atoms with Crippen LogP contribution in [0.5, 0.6) is 0 Å². The normalized spacial score (nSPS) is 15.4. The summed E-state index contributed by atoms with van der Waals surface area (Å²) < 4.78 is 0. The van der Waals surface area contributed by atoms with Crippen molar-refractivity contribution in [1.82, 2.24) is 4.98 Å². The number of nitrogens with one attached hydrogen (secondary N) is 1. The van der Waals surface area contributed by atoms with Gasteiger partial charge in [0, 0.05) is 15.8 Å². The van der Waals surface area contributed by atoms with Crippen LogP contribution >= 0.6 is 11.3 Å². The Bertz CT molecular complexity index is 1540.